The first-order valence-corrected chi connectivity index (χ1v) is 8.93. The van der Waals surface area contributed by atoms with Crippen LogP contribution in [0.3, 0.4) is 0 Å². The summed E-state index contributed by atoms with van der Waals surface area (Å²) in [4.78, 5) is 26.9. The van der Waals surface area contributed by atoms with Gasteiger partial charge in [0.05, 0.1) is 19.1 Å². The Bertz CT molecular complexity index is 863. The quantitative estimate of drug-likeness (QED) is 0.873. The van der Waals surface area contributed by atoms with E-state index in [1.807, 2.05) is 24.3 Å². The molecular weight excluding hydrogens is 349 g/mol. The molecule has 2 heterocycles. The monoisotopic (exact) mass is 369 g/mol. The minimum absolute atomic E-state index is 0.00581. The van der Waals surface area contributed by atoms with Crippen LogP contribution in [-0.4, -0.2) is 38.1 Å². The van der Waals surface area contributed by atoms with E-state index in [9.17, 15) is 14.0 Å². The van der Waals surface area contributed by atoms with E-state index in [1.165, 1.54) is 18.2 Å². The molecule has 2 aliphatic rings. The Morgan fingerprint density at radius 1 is 1.15 bits per heavy atom. The van der Waals surface area contributed by atoms with Crippen molar-refractivity contribution in [3.05, 3.63) is 53.8 Å². The number of morpholine rings is 1. The minimum Gasteiger partial charge on any atom is -0.378 e. The van der Waals surface area contributed by atoms with Crippen LogP contribution in [0.4, 0.5) is 21.5 Å². The third kappa shape index (κ3) is 3.78. The smallest absolute Gasteiger partial charge is 0.232 e. The SMILES string of the molecule is O=C1CC(C(=O)Nc2ccc(N3CCOCC3)cc2)c2cc(F)ccc2N1. The van der Waals surface area contributed by atoms with Crippen LogP contribution >= 0.6 is 0 Å². The molecular formula is C20H20FN3O3. The number of hydrogen-bond acceptors (Lipinski definition) is 4. The molecule has 0 spiro atoms. The lowest BCUT2D eigenvalue weighted by atomic mass is 9.89. The van der Waals surface area contributed by atoms with Crippen LogP contribution in [-0.2, 0) is 14.3 Å². The summed E-state index contributed by atoms with van der Waals surface area (Å²) in [7, 11) is 0. The summed E-state index contributed by atoms with van der Waals surface area (Å²) in [5, 5.41) is 5.52. The summed E-state index contributed by atoms with van der Waals surface area (Å²) in [6.45, 7) is 3.09. The summed E-state index contributed by atoms with van der Waals surface area (Å²) in [6.07, 6.45) is -0.00581. The highest BCUT2D eigenvalue weighted by Gasteiger charge is 2.31. The predicted octanol–water partition coefficient (Wildman–Crippen LogP) is 2.73. The van der Waals surface area contributed by atoms with Crippen LogP contribution in [0.15, 0.2) is 42.5 Å². The van der Waals surface area contributed by atoms with Crippen LogP contribution in [0.1, 0.15) is 17.9 Å². The van der Waals surface area contributed by atoms with Crippen LogP contribution in [0.2, 0.25) is 0 Å². The van der Waals surface area contributed by atoms with Crippen molar-refractivity contribution in [3.63, 3.8) is 0 Å². The number of halogens is 1. The number of rotatable bonds is 3. The van der Waals surface area contributed by atoms with Gasteiger partial charge in [-0.3, -0.25) is 9.59 Å². The van der Waals surface area contributed by atoms with Crippen LogP contribution in [0, 0.1) is 5.82 Å². The second-order valence-corrected chi connectivity index (χ2v) is 6.67. The molecule has 7 heteroatoms. The Hall–Kier alpha value is -2.93. The Balaban J connectivity index is 1.49. The highest BCUT2D eigenvalue weighted by Crippen LogP contribution is 2.33. The van der Waals surface area contributed by atoms with Crippen molar-refractivity contribution in [2.24, 2.45) is 0 Å². The van der Waals surface area contributed by atoms with Crippen LogP contribution in [0.25, 0.3) is 0 Å². The van der Waals surface area contributed by atoms with Gasteiger partial charge in [0.25, 0.3) is 0 Å². The average Bonchev–Trinajstić information content (AvgIpc) is 2.69. The van der Waals surface area contributed by atoms with E-state index >= 15 is 0 Å². The molecule has 0 aliphatic carbocycles. The lowest BCUT2D eigenvalue weighted by Crippen LogP contribution is -2.36. The Morgan fingerprint density at radius 3 is 2.63 bits per heavy atom. The molecule has 27 heavy (non-hydrogen) atoms. The number of benzene rings is 2. The van der Waals surface area contributed by atoms with Crippen molar-refractivity contribution < 1.29 is 18.7 Å². The van der Waals surface area contributed by atoms with Gasteiger partial charge >= 0.3 is 0 Å². The number of nitrogens with zero attached hydrogens (tertiary/aromatic N) is 1. The molecule has 1 unspecified atom stereocenters. The van der Waals surface area contributed by atoms with E-state index in [0.29, 0.717) is 30.2 Å². The largest absolute Gasteiger partial charge is 0.378 e. The second-order valence-electron chi connectivity index (χ2n) is 6.67. The molecule has 1 atom stereocenters. The fraction of sp³-hybridized carbons (Fsp3) is 0.300. The first kappa shape index (κ1) is 17.5. The topological polar surface area (TPSA) is 70.7 Å². The summed E-state index contributed by atoms with van der Waals surface area (Å²) in [6, 6.07) is 11.6. The van der Waals surface area contributed by atoms with E-state index in [2.05, 4.69) is 15.5 Å². The van der Waals surface area contributed by atoms with Gasteiger partial charge in [-0.2, -0.15) is 0 Å². The van der Waals surface area contributed by atoms with Crippen molar-refractivity contribution in [1.29, 1.82) is 0 Å². The van der Waals surface area contributed by atoms with Gasteiger partial charge in [-0.1, -0.05) is 0 Å². The average molecular weight is 369 g/mol. The Kier molecular flexibility index (Phi) is 4.77. The first-order chi connectivity index (χ1) is 13.1. The number of nitrogens with one attached hydrogen (secondary N) is 2. The highest BCUT2D eigenvalue weighted by molar-refractivity contribution is 6.05. The van der Waals surface area contributed by atoms with Crippen molar-refractivity contribution in [3.8, 4) is 0 Å². The molecule has 0 saturated carbocycles. The number of fused-ring (bicyclic) bond motifs is 1. The molecule has 1 fully saturated rings. The van der Waals surface area contributed by atoms with E-state index < -0.39 is 11.7 Å². The van der Waals surface area contributed by atoms with Crippen LogP contribution in [0.5, 0.6) is 0 Å². The van der Waals surface area contributed by atoms with Crippen molar-refractivity contribution in [1.82, 2.24) is 0 Å². The molecule has 140 valence electrons. The zero-order chi connectivity index (χ0) is 18.8. The lowest BCUT2D eigenvalue weighted by molar-refractivity contribution is -0.123. The molecule has 4 rings (SSSR count). The molecule has 0 bridgehead atoms. The van der Waals surface area contributed by atoms with Gasteiger partial charge < -0.3 is 20.3 Å². The predicted molar refractivity (Wildman–Crippen MR) is 100 cm³/mol. The molecule has 2 amide bonds. The fourth-order valence-corrected chi connectivity index (χ4v) is 3.47. The van der Waals surface area contributed by atoms with Gasteiger partial charge in [0.2, 0.25) is 11.8 Å². The van der Waals surface area contributed by atoms with Gasteiger partial charge in [0.15, 0.2) is 0 Å². The van der Waals surface area contributed by atoms with Gasteiger partial charge in [-0.05, 0) is 48.0 Å². The summed E-state index contributed by atoms with van der Waals surface area (Å²) >= 11 is 0. The zero-order valence-corrected chi connectivity index (χ0v) is 14.7. The lowest BCUT2D eigenvalue weighted by Gasteiger charge is -2.29. The third-order valence-corrected chi connectivity index (χ3v) is 4.88. The number of hydrogen-bond donors (Lipinski definition) is 2. The maximum Gasteiger partial charge on any atom is 0.232 e. The number of carbonyl (C=O) groups is 2. The van der Waals surface area contributed by atoms with Gasteiger partial charge in [-0.25, -0.2) is 4.39 Å². The normalized spacial score (nSPS) is 19.2. The van der Waals surface area contributed by atoms with Gasteiger partial charge in [0, 0.05) is 36.6 Å². The van der Waals surface area contributed by atoms with Crippen molar-refractivity contribution >= 4 is 28.9 Å². The molecule has 6 nitrogen and oxygen atoms in total. The van der Waals surface area contributed by atoms with E-state index in [4.69, 9.17) is 4.74 Å². The number of anilines is 3. The molecule has 0 aromatic heterocycles. The van der Waals surface area contributed by atoms with Crippen molar-refractivity contribution in [2.45, 2.75) is 12.3 Å². The Labute approximate surface area is 156 Å². The van der Waals surface area contributed by atoms with Gasteiger partial charge in [0.1, 0.15) is 5.82 Å². The van der Waals surface area contributed by atoms with E-state index in [0.717, 1.165) is 18.8 Å². The molecule has 2 aromatic carbocycles. The van der Waals surface area contributed by atoms with Gasteiger partial charge in [-0.15, -0.1) is 0 Å². The fourth-order valence-electron chi connectivity index (χ4n) is 3.47. The number of ether oxygens (including phenoxy) is 1. The summed E-state index contributed by atoms with van der Waals surface area (Å²) < 4.78 is 19.0. The highest BCUT2D eigenvalue weighted by atomic mass is 19.1. The molecule has 2 aromatic rings. The van der Waals surface area contributed by atoms with E-state index in [1.54, 1.807) is 0 Å². The van der Waals surface area contributed by atoms with Crippen LogP contribution < -0.4 is 15.5 Å². The first-order valence-electron chi connectivity index (χ1n) is 8.93. The molecule has 2 N–H and O–H groups in total. The molecule has 0 radical (unpaired) electrons. The minimum atomic E-state index is -0.719. The molecule has 1 saturated heterocycles. The summed E-state index contributed by atoms with van der Waals surface area (Å²) in [5.74, 6) is -1.73. The maximum atomic E-state index is 13.6. The third-order valence-electron chi connectivity index (χ3n) is 4.88. The Morgan fingerprint density at radius 2 is 1.89 bits per heavy atom. The maximum absolute atomic E-state index is 13.6. The number of amides is 2. The standard InChI is InChI=1S/C20H20FN3O3/c21-13-1-6-18-16(11-13)17(12-19(25)23-18)20(26)22-14-2-4-15(5-3-14)24-7-9-27-10-8-24/h1-6,11,17H,7-10,12H2,(H,22,26)(H,23,25). The van der Waals surface area contributed by atoms with Crippen molar-refractivity contribution in [2.75, 3.05) is 41.8 Å². The second kappa shape index (κ2) is 7.36. The van der Waals surface area contributed by atoms with E-state index in [-0.39, 0.29) is 18.2 Å². The number of carbonyl (C=O) groups excluding carboxylic acids is 2. The summed E-state index contributed by atoms with van der Waals surface area (Å²) in [5.41, 5.74) is 2.69. The zero-order valence-electron chi connectivity index (χ0n) is 14.7. The molecule has 2 aliphatic heterocycles.